The number of pyridine rings is 1. The van der Waals surface area contributed by atoms with Gasteiger partial charge in [-0.05, 0) is 48.0 Å². The van der Waals surface area contributed by atoms with E-state index in [-0.39, 0.29) is 24.5 Å². The third-order valence-corrected chi connectivity index (χ3v) is 5.16. The summed E-state index contributed by atoms with van der Waals surface area (Å²) in [5.41, 5.74) is -0.391. The third kappa shape index (κ3) is 3.66. The maximum absolute atomic E-state index is 13.4. The first-order valence-electron chi connectivity index (χ1n) is 8.99. The van der Waals surface area contributed by atoms with Crippen molar-refractivity contribution in [3.05, 3.63) is 71.1 Å². The Bertz CT molecular complexity index is 1100. The number of carbonyl (C=O) groups excluding carboxylic acids is 2. The van der Waals surface area contributed by atoms with Gasteiger partial charge in [-0.25, -0.2) is 4.39 Å². The van der Waals surface area contributed by atoms with E-state index < -0.39 is 23.2 Å². The van der Waals surface area contributed by atoms with Crippen LogP contribution in [-0.2, 0) is 16.1 Å². The van der Waals surface area contributed by atoms with Gasteiger partial charge in [-0.3, -0.25) is 14.6 Å². The van der Waals surface area contributed by atoms with Crippen molar-refractivity contribution in [1.29, 1.82) is 0 Å². The number of hydrogen-bond acceptors (Lipinski definition) is 4. The van der Waals surface area contributed by atoms with Crippen molar-refractivity contribution in [2.24, 2.45) is 0 Å². The lowest BCUT2D eigenvalue weighted by Gasteiger charge is -2.22. The summed E-state index contributed by atoms with van der Waals surface area (Å²) in [4.78, 5) is 31.0. The van der Waals surface area contributed by atoms with E-state index >= 15 is 0 Å². The zero-order chi connectivity index (χ0) is 20.6. The van der Waals surface area contributed by atoms with Gasteiger partial charge in [0.25, 0.3) is 11.8 Å². The second-order valence-electron chi connectivity index (χ2n) is 6.91. The molecule has 1 saturated heterocycles. The van der Waals surface area contributed by atoms with Gasteiger partial charge in [-0.15, -0.1) is 0 Å². The van der Waals surface area contributed by atoms with Gasteiger partial charge < -0.3 is 15.3 Å². The van der Waals surface area contributed by atoms with Gasteiger partial charge in [-0.2, -0.15) is 0 Å². The highest BCUT2D eigenvalue weighted by Gasteiger charge is 2.51. The highest BCUT2D eigenvalue weighted by Crippen LogP contribution is 2.30. The summed E-state index contributed by atoms with van der Waals surface area (Å²) < 4.78 is 13.4. The molecule has 2 amide bonds. The summed E-state index contributed by atoms with van der Waals surface area (Å²) in [5, 5.41) is 14.3. The molecule has 4 rings (SSSR count). The maximum atomic E-state index is 13.4. The van der Waals surface area contributed by atoms with Crippen molar-refractivity contribution in [2.75, 3.05) is 11.4 Å². The molecular formula is C21H17ClFN3O3. The number of aliphatic hydroxyl groups is 1. The van der Waals surface area contributed by atoms with E-state index in [2.05, 4.69) is 10.3 Å². The Labute approximate surface area is 170 Å². The molecule has 0 bridgehead atoms. The van der Waals surface area contributed by atoms with E-state index in [4.69, 9.17) is 11.6 Å². The largest absolute Gasteiger partial charge is 0.372 e. The van der Waals surface area contributed by atoms with E-state index in [9.17, 15) is 19.1 Å². The second-order valence-corrected chi connectivity index (χ2v) is 7.34. The highest BCUT2D eigenvalue weighted by molar-refractivity contribution is 6.30. The minimum atomic E-state index is -2.18. The second kappa shape index (κ2) is 7.42. The molecule has 1 aliphatic heterocycles. The first-order valence-corrected chi connectivity index (χ1v) is 9.37. The monoisotopic (exact) mass is 413 g/mol. The Morgan fingerprint density at radius 1 is 1.28 bits per heavy atom. The number of carbonyl (C=O) groups is 2. The van der Waals surface area contributed by atoms with Crippen molar-refractivity contribution in [2.45, 2.75) is 18.6 Å². The summed E-state index contributed by atoms with van der Waals surface area (Å²) in [6, 6.07) is 12.8. The van der Waals surface area contributed by atoms with Gasteiger partial charge in [0.05, 0.1) is 5.52 Å². The van der Waals surface area contributed by atoms with E-state index in [0.717, 1.165) is 17.0 Å². The van der Waals surface area contributed by atoms with Gasteiger partial charge in [0, 0.05) is 41.8 Å². The molecule has 2 aromatic carbocycles. The number of rotatable bonds is 4. The summed E-state index contributed by atoms with van der Waals surface area (Å²) in [5.74, 6) is -2.06. The van der Waals surface area contributed by atoms with Crippen LogP contribution in [0.2, 0.25) is 5.02 Å². The number of benzene rings is 2. The van der Waals surface area contributed by atoms with Crippen LogP contribution < -0.4 is 10.2 Å². The number of nitrogens with zero attached hydrogens (tertiary/aromatic N) is 2. The summed E-state index contributed by atoms with van der Waals surface area (Å²) in [6.07, 6.45) is 1.63. The summed E-state index contributed by atoms with van der Waals surface area (Å²) >= 11 is 5.80. The number of aromatic nitrogens is 1. The van der Waals surface area contributed by atoms with Crippen LogP contribution in [0, 0.1) is 5.82 Å². The number of anilines is 1. The maximum Gasteiger partial charge on any atom is 0.268 e. The molecular weight excluding hydrogens is 397 g/mol. The molecule has 6 nitrogen and oxygen atoms in total. The molecule has 1 fully saturated rings. The SMILES string of the molecule is O=C(NCc1cc(F)cc(Cl)c1)C1(O)CCN(c2ccc3ncccc3c2)C1=O. The molecule has 0 radical (unpaired) electrons. The van der Waals surface area contributed by atoms with Crippen LogP contribution in [0.5, 0.6) is 0 Å². The fraction of sp³-hybridized carbons (Fsp3) is 0.190. The Morgan fingerprint density at radius 3 is 2.90 bits per heavy atom. The fourth-order valence-corrected chi connectivity index (χ4v) is 3.68. The summed E-state index contributed by atoms with van der Waals surface area (Å²) in [6.45, 7) is 0.133. The smallest absolute Gasteiger partial charge is 0.268 e. The molecule has 2 N–H and O–H groups in total. The quantitative estimate of drug-likeness (QED) is 0.644. The molecule has 29 heavy (non-hydrogen) atoms. The molecule has 1 atom stereocenters. The van der Waals surface area contributed by atoms with Crippen LogP contribution in [0.3, 0.4) is 0 Å². The first kappa shape index (κ1) is 19.3. The van der Waals surface area contributed by atoms with Crippen LogP contribution in [0.15, 0.2) is 54.7 Å². The lowest BCUT2D eigenvalue weighted by atomic mass is 10.0. The lowest BCUT2D eigenvalue weighted by molar-refractivity contribution is -0.149. The zero-order valence-electron chi connectivity index (χ0n) is 15.2. The molecule has 8 heteroatoms. The van der Waals surface area contributed by atoms with Gasteiger partial charge in [0.15, 0.2) is 0 Å². The highest BCUT2D eigenvalue weighted by atomic mass is 35.5. The Morgan fingerprint density at radius 2 is 2.10 bits per heavy atom. The Hall–Kier alpha value is -3.03. The molecule has 148 valence electrons. The number of fused-ring (bicyclic) bond motifs is 1. The van der Waals surface area contributed by atoms with Gasteiger partial charge >= 0.3 is 0 Å². The van der Waals surface area contributed by atoms with Crippen molar-refractivity contribution in [3.63, 3.8) is 0 Å². The van der Waals surface area contributed by atoms with Gasteiger partial charge in [0.2, 0.25) is 5.60 Å². The normalized spacial score (nSPS) is 19.0. The zero-order valence-corrected chi connectivity index (χ0v) is 16.0. The van der Waals surface area contributed by atoms with Crippen molar-refractivity contribution < 1.29 is 19.1 Å². The topological polar surface area (TPSA) is 82.5 Å². The Kier molecular flexibility index (Phi) is 4.94. The van der Waals surface area contributed by atoms with Crippen LogP contribution >= 0.6 is 11.6 Å². The number of amides is 2. The predicted octanol–water partition coefficient (Wildman–Crippen LogP) is 2.81. The van der Waals surface area contributed by atoms with Crippen LogP contribution in [0.25, 0.3) is 10.9 Å². The van der Waals surface area contributed by atoms with Crippen LogP contribution in [0.1, 0.15) is 12.0 Å². The molecule has 0 aliphatic carbocycles. The molecule has 2 heterocycles. The summed E-state index contributed by atoms with van der Waals surface area (Å²) in [7, 11) is 0. The average Bonchev–Trinajstić information content (AvgIpc) is 3.01. The minimum Gasteiger partial charge on any atom is -0.372 e. The minimum absolute atomic E-state index is 0.0490. The van der Waals surface area contributed by atoms with Crippen molar-refractivity contribution in [3.8, 4) is 0 Å². The predicted molar refractivity (Wildman–Crippen MR) is 107 cm³/mol. The molecule has 1 aliphatic rings. The third-order valence-electron chi connectivity index (χ3n) is 4.95. The standard InChI is InChI=1S/C21H17ClFN3O3/c22-15-8-13(9-16(23)11-15)12-25-19(27)21(29)5-7-26(20(21)28)17-3-4-18-14(10-17)2-1-6-24-18/h1-4,6,8-11,29H,5,7,12H2,(H,25,27). The molecule has 1 aromatic heterocycles. The Balaban J connectivity index is 1.50. The fourth-order valence-electron chi connectivity index (χ4n) is 3.43. The van der Waals surface area contributed by atoms with Gasteiger partial charge in [0.1, 0.15) is 5.82 Å². The number of hydrogen-bond donors (Lipinski definition) is 2. The molecule has 0 saturated carbocycles. The van der Waals surface area contributed by atoms with Crippen molar-refractivity contribution in [1.82, 2.24) is 10.3 Å². The van der Waals surface area contributed by atoms with Crippen LogP contribution in [-0.4, -0.2) is 34.1 Å². The number of halogens is 2. The molecule has 0 spiro atoms. The van der Waals surface area contributed by atoms with E-state index in [1.807, 2.05) is 6.07 Å². The van der Waals surface area contributed by atoms with Crippen LogP contribution in [0.4, 0.5) is 10.1 Å². The molecule has 3 aromatic rings. The lowest BCUT2D eigenvalue weighted by Crippen LogP contribution is -2.52. The number of nitrogens with one attached hydrogen (secondary N) is 1. The van der Waals surface area contributed by atoms with Gasteiger partial charge in [-0.1, -0.05) is 17.7 Å². The van der Waals surface area contributed by atoms with E-state index in [1.165, 1.54) is 17.0 Å². The van der Waals surface area contributed by atoms with Crippen molar-refractivity contribution >= 4 is 40.0 Å². The van der Waals surface area contributed by atoms with E-state index in [1.54, 1.807) is 30.5 Å². The molecule has 1 unspecified atom stereocenters. The first-order chi connectivity index (χ1) is 13.9. The van der Waals surface area contributed by atoms with E-state index in [0.29, 0.717) is 11.3 Å². The average molecular weight is 414 g/mol.